The minimum absolute atomic E-state index is 0.0456. The molecule has 4 N–H and O–H groups in total. The van der Waals surface area contributed by atoms with Crippen molar-refractivity contribution in [3.63, 3.8) is 0 Å². The highest BCUT2D eigenvalue weighted by Gasteiger charge is 2.48. The van der Waals surface area contributed by atoms with Gasteiger partial charge in [-0.15, -0.1) is 11.3 Å². The van der Waals surface area contributed by atoms with Gasteiger partial charge in [0, 0.05) is 4.88 Å². The van der Waals surface area contributed by atoms with Crippen LogP contribution < -0.4 is 11.5 Å². The number of methoxy groups -OCH3 is 1. The fourth-order valence-corrected chi connectivity index (χ4v) is 5.08. The summed E-state index contributed by atoms with van der Waals surface area (Å²) in [7, 11) is 1.22. The van der Waals surface area contributed by atoms with Crippen molar-refractivity contribution in [3.05, 3.63) is 44.4 Å². The standard InChI is InChI=1S/C16H14N4O4S2/c1-24-10(21)5-9-15(23)20-13(18)7(6-17)11(8-3-2-4-25-8)12(14(19)22)16(20)26-9/h2-4,9,11H,5,18H2,1H3,(H2,19,22)/t9-,11+/m0/s1. The van der Waals surface area contributed by atoms with Crippen LogP contribution in [0.25, 0.3) is 0 Å². The van der Waals surface area contributed by atoms with Crippen LogP contribution in [0.15, 0.2) is 39.5 Å². The third-order valence-corrected chi connectivity index (χ3v) is 6.29. The average Bonchev–Trinajstić information content (AvgIpc) is 3.23. The molecule has 134 valence electrons. The predicted octanol–water partition coefficient (Wildman–Crippen LogP) is 0.743. The highest BCUT2D eigenvalue weighted by atomic mass is 32.2. The van der Waals surface area contributed by atoms with Gasteiger partial charge in [0.2, 0.25) is 11.8 Å². The Labute approximate surface area is 157 Å². The highest BCUT2D eigenvalue weighted by molar-refractivity contribution is 8.04. The zero-order chi connectivity index (χ0) is 19.0. The van der Waals surface area contributed by atoms with Crippen molar-refractivity contribution in [2.45, 2.75) is 17.6 Å². The van der Waals surface area contributed by atoms with Crippen molar-refractivity contribution in [2.24, 2.45) is 11.5 Å². The van der Waals surface area contributed by atoms with Gasteiger partial charge in [0.25, 0.3) is 0 Å². The van der Waals surface area contributed by atoms with Crippen LogP contribution in [-0.2, 0) is 19.1 Å². The van der Waals surface area contributed by atoms with Crippen LogP contribution in [0.1, 0.15) is 17.2 Å². The number of esters is 1. The van der Waals surface area contributed by atoms with E-state index >= 15 is 0 Å². The van der Waals surface area contributed by atoms with Crippen LogP contribution in [0.3, 0.4) is 0 Å². The lowest BCUT2D eigenvalue weighted by Crippen LogP contribution is -2.39. The Bertz CT molecular complexity index is 898. The Balaban J connectivity index is 2.16. The van der Waals surface area contributed by atoms with Gasteiger partial charge >= 0.3 is 5.97 Å². The summed E-state index contributed by atoms with van der Waals surface area (Å²) in [5.74, 6) is -2.57. The Hall–Kier alpha value is -2.77. The van der Waals surface area contributed by atoms with E-state index in [1.807, 2.05) is 11.4 Å². The summed E-state index contributed by atoms with van der Waals surface area (Å²) >= 11 is 2.39. The fourth-order valence-electron chi connectivity index (χ4n) is 2.90. The molecule has 26 heavy (non-hydrogen) atoms. The minimum Gasteiger partial charge on any atom is -0.469 e. The molecule has 1 aromatic heterocycles. The number of carbonyl (C=O) groups is 3. The molecule has 3 heterocycles. The monoisotopic (exact) mass is 390 g/mol. The fraction of sp³-hybridized carbons (Fsp3) is 0.250. The van der Waals surface area contributed by atoms with Crippen LogP contribution in [-0.4, -0.2) is 35.0 Å². The number of allylic oxidation sites excluding steroid dienone is 1. The largest absolute Gasteiger partial charge is 0.469 e. The second kappa shape index (κ2) is 6.86. The number of amides is 2. The number of fused-ring (bicyclic) bond motifs is 1. The van der Waals surface area contributed by atoms with Crippen molar-refractivity contribution in [3.8, 4) is 6.07 Å². The van der Waals surface area contributed by atoms with Crippen molar-refractivity contribution in [1.82, 2.24) is 4.90 Å². The lowest BCUT2D eigenvalue weighted by Gasteiger charge is -2.30. The molecule has 1 fully saturated rings. The van der Waals surface area contributed by atoms with Crippen molar-refractivity contribution in [1.29, 1.82) is 5.26 Å². The van der Waals surface area contributed by atoms with Gasteiger partial charge in [0.05, 0.1) is 41.7 Å². The molecule has 0 aromatic carbocycles. The van der Waals surface area contributed by atoms with E-state index in [4.69, 9.17) is 11.5 Å². The summed E-state index contributed by atoms with van der Waals surface area (Å²) in [6.07, 6.45) is -0.176. The molecule has 10 heteroatoms. The summed E-state index contributed by atoms with van der Waals surface area (Å²) in [4.78, 5) is 38.3. The molecule has 0 aliphatic carbocycles. The lowest BCUT2D eigenvalue weighted by molar-refractivity contribution is -0.142. The van der Waals surface area contributed by atoms with E-state index in [0.29, 0.717) is 0 Å². The smallest absolute Gasteiger partial charge is 0.307 e. The summed E-state index contributed by atoms with van der Waals surface area (Å²) in [5.41, 5.74) is 11.9. The number of rotatable bonds is 4. The van der Waals surface area contributed by atoms with Crippen LogP contribution in [0, 0.1) is 11.3 Å². The number of thiophene rings is 1. The quantitative estimate of drug-likeness (QED) is 0.723. The number of hydrogen-bond donors (Lipinski definition) is 2. The van der Waals surface area contributed by atoms with Gasteiger partial charge in [-0.25, -0.2) is 0 Å². The van der Waals surface area contributed by atoms with Crippen LogP contribution in [0.5, 0.6) is 0 Å². The zero-order valence-electron chi connectivity index (χ0n) is 13.6. The number of nitriles is 1. The molecule has 0 bridgehead atoms. The maximum absolute atomic E-state index is 12.7. The zero-order valence-corrected chi connectivity index (χ0v) is 15.2. The summed E-state index contributed by atoms with van der Waals surface area (Å²) in [5, 5.41) is 10.9. The van der Waals surface area contributed by atoms with Gasteiger partial charge in [-0.2, -0.15) is 5.26 Å². The van der Waals surface area contributed by atoms with Gasteiger partial charge in [-0.1, -0.05) is 17.8 Å². The van der Waals surface area contributed by atoms with Crippen molar-refractivity contribution < 1.29 is 19.1 Å². The van der Waals surface area contributed by atoms with Gasteiger partial charge in [-0.05, 0) is 11.4 Å². The molecule has 1 aromatic rings. The molecule has 8 nitrogen and oxygen atoms in total. The molecule has 1 saturated heterocycles. The molecule has 0 saturated carbocycles. The maximum Gasteiger partial charge on any atom is 0.307 e. The first-order valence-corrected chi connectivity index (χ1v) is 9.21. The third kappa shape index (κ3) is 2.75. The Kier molecular flexibility index (Phi) is 4.76. The van der Waals surface area contributed by atoms with E-state index in [0.717, 1.165) is 21.5 Å². The first-order valence-electron chi connectivity index (χ1n) is 7.45. The SMILES string of the molecule is COC(=O)C[C@@H]1SC2=C(C(N)=O)[C@@H](c3cccs3)C(C#N)=C(N)N2C1=O. The van der Waals surface area contributed by atoms with Crippen LogP contribution >= 0.6 is 23.1 Å². The van der Waals surface area contributed by atoms with Crippen molar-refractivity contribution in [2.75, 3.05) is 7.11 Å². The number of carbonyl (C=O) groups excluding carboxylic acids is 3. The Morgan fingerprint density at radius 1 is 1.46 bits per heavy atom. The van der Waals surface area contributed by atoms with Gasteiger partial charge in [0.15, 0.2) is 0 Å². The van der Waals surface area contributed by atoms with E-state index in [9.17, 15) is 19.6 Å². The van der Waals surface area contributed by atoms with E-state index in [2.05, 4.69) is 4.74 Å². The number of nitrogens with zero attached hydrogens (tertiary/aromatic N) is 2. The second-order valence-electron chi connectivity index (χ2n) is 5.50. The molecule has 0 spiro atoms. The van der Waals surface area contributed by atoms with Gasteiger partial charge in [-0.3, -0.25) is 19.3 Å². The third-order valence-electron chi connectivity index (χ3n) is 4.07. The summed E-state index contributed by atoms with van der Waals surface area (Å²) in [6, 6.07) is 5.56. The molecular formula is C16H14N4O4S2. The molecule has 3 rings (SSSR count). The lowest BCUT2D eigenvalue weighted by atomic mass is 9.87. The number of thioether (sulfide) groups is 1. The Morgan fingerprint density at radius 3 is 2.73 bits per heavy atom. The van der Waals surface area contributed by atoms with Gasteiger partial charge in [0.1, 0.15) is 11.1 Å². The normalized spacial score (nSPS) is 22.3. The molecule has 2 aliphatic rings. The van der Waals surface area contributed by atoms with E-state index in [1.54, 1.807) is 12.1 Å². The van der Waals surface area contributed by atoms with Crippen LogP contribution in [0.4, 0.5) is 0 Å². The topological polar surface area (TPSA) is 140 Å². The molecule has 2 amide bonds. The first-order chi connectivity index (χ1) is 12.4. The predicted molar refractivity (Wildman–Crippen MR) is 95.0 cm³/mol. The molecule has 2 atom stereocenters. The number of hydrogen-bond acceptors (Lipinski definition) is 8. The molecule has 0 unspecified atom stereocenters. The van der Waals surface area contributed by atoms with Crippen molar-refractivity contribution >= 4 is 40.9 Å². The number of ether oxygens (including phenoxy) is 1. The second-order valence-corrected chi connectivity index (χ2v) is 7.67. The van der Waals surface area contributed by atoms with Gasteiger partial charge < -0.3 is 16.2 Å². The van der Waals surface area contributed by atoms with E-state index < -0.39 is 29.0 Å². The minimum atomic E-state index is -0.799. The average molecular weight is 390 g/mol. The molecule has 2 aliphatic heterocycles. The summed E-state index contributed by atoms with van der Waals surface area (Å²) in [6.45, 7) is 0. The Morgan fingerprint density at radius 2 is 2.19 bits per heavy atom. The molecular weight excluding hydrogens is 376 g/mol. The number of primary amides is 1. The first kappa shape index (κ1) is 18.0. The maximum atomic E-state index is 12.7. The number of nitrogens with two attached hydrogens (primary N) is 2. The van der Waals surface area contributed by atoms with E-state index in [-0.39, 0.29) is 28.4 Å². The highest BCUT2D eigenvalue weighted by Crippen LogP contribution is 2.50. The van der Waals surface area contributed by atoms with Crippen LogP contribution in [0.2, 0.25) is 0 Å². The summed E-state index contributed by atoms with van der Waals surface area (Å²) < 4.78 is 4.61. The molecule has 0 radical (unpaired) electrons. The van der Waals surface area contributed by atoms with E-state index in [1.165, 1.54) is 18.4 Å².